The van der Waals surface area contributed by atoms with Gasteiger partial charge in [-0.3, -0.25) is 4.90 Å². The van der Waals surface area contributed by atoms with Gasteiger partial charge in [-0.05, 0) is 70.0 Å². The van der Waals surface area contributed by atoms with Gasteiger partial charge < -0.3 is 24.6 Å². The molecular weight excluding hydrogens is 451 g/mol. The van der Waals surface area contributed by atoms with Crippen molar-refractivity contribution in [1.82, 2.24) is 20.0 Å². The number of carbonyl (C=O) groups excluding carboxylic acids is 2. The number of amides is 3. The fourth-order valence-corrected chi connectivity index (χ4v) is 7.86. The van der Waals surface area contributed by atoms with Crippen LogP contribution in [0.3, 0.4) is 0 Å². The van der Waals surface area contributed by atoms with Crippen LogP contribution in [0.15, 0.2) is 11.3 Å². The summed E-state index contributed by atoms with van der Waals surface area (Å²) < 4.78 is 25.6. The number of piperidine rings is 2. The molecule has 8 nitrogen and oxygen atoms in total. The normalized spacial score (nSPS) is 36.6. The fraction of sp³-hybridized carbons (Fsp3) is 0.846. The van der Waals surface area contributed by atoms with Crippen LogP contribution in [0.4, 0.5) is 14.0 Å². The van der Waals surface area contributed by atoms with Crippen molar-refractivity contribution in [1.29, 1.82) is 0 Å². The number of hydrogen-bond acceptors (Lipinski definition) is 5. The minimum atomic E-state index is -0.788. The van der Waals surface area contributed by atoms with Crippen LogP contribution in [0.5, 0.6) is 0 Å². The Hall–Kier alpha value is -1.87. The van der Waals surface area contributed by atoms with E-state index in [2.05, 4.69) is 10.2 Å². The van der Waals surface area contributed by atoms with E-state index < -0.39 is 6.17 Å². The standard InChI is InChI=1S/C26H39FN4O4/c1-28-24(32)30-16-26(22-12-17(27)2-5-23(22)30)7-9-29(10-8-26)20-13-18-3-4-19(14-20)31(18)25(33)35-21-6-11-34-15-21/h17-21H,2-16H2,1H3,(H,28,32)/t17?,18?,19?,20?,21-/m1/s1. The summed E-state index contributed by atoms with van der Waals surface area (Å²) in [6.07, 6.45) is 7.52. The first kappa shape index (κ1) is 23.5. The van der Waals surface area contributed by atoms with Crippen molar-refractivity contribution < 1.29 is 23.5 Å². The van der Waals surface area contributed by atoms with Crippen molar-refractivity contribution in [3.05, 3.63) is 11.3 Å². The van der Waals surface area contributed by atoms with Gasteiger partial charge in [0.25, 0.3) is 0 Å². The smallest absolute Gasteiger partial charge is 0.410 e. The van der Waals surface area contributed by atoms with Crippen molar-refractivity contribution >= 4 is 12.1 Å². The Morgan fingerprint density at radius 2 is 1.83 bits per heavy atom. The first-order chi connectivity index (χ1) is 17.0. The van der Waals surface area contributed by atoms with Crippen LogP contribution in [0.2, 0.25) is 0 Å². The van der Waals surface area contributed by atoms with Gasteiger partial charge in [0.1, 0.15) is 12.3 Å². The molecule has 194 valence electrons. The first-order valence-corrected chi connectivity index (χ1v) is 13.6. The molecule has 4 atom stereocenters. The van der Waals surface area contributed by atoms with Gasteiger partial charge in [0, 0.05) is 55.7 Å². The van der Waals surface area contributed by atoms with Gasteiger partial charge in [0.05, 0.1) is 13.2 Å². The van der Waals surface area contributed by atoms with E-state index in [0.717, 1.165) is 63.7 Å². The summed E-state index contributed by atoms with van der Waals surface area (Å²) in [6, 6.07) is 0.947. The summed E-state index contributed by atoms with van der Waals surface area (Å²) in [5, 5.41) is 2.79. The average molecular weight is 491 g/mol. The second-order valence-corrected chi connectivity index (χ2v) is 11.5. The third-order valence-corrected chi connectivity index (χ3v) is 9.70. The van der Waals surface area contributed by atoms with Crippen LogP contribution in [-0.4, -0.2) is 97.1 Å². The number of halogens is 1. The van der Waals surface area contributed by atoms with Crippen molar-refractivity contribution in [3.8, 4) is 0 Å². The largest absolute Gasteiger partial charge is 0.444 e. The van der Waals surface area contributed by atoms with Crippen molar-refractivity contribution in [2.24, 2.45) is 5.41 Å². The van der Waals surface area contributed by atoms with E-state index in [4.69, 9.17) is 9.47 Å². The van der Waals surface area contributed by atoms with Crippen LogP contribution in [0.25, 0.3) is 0 Å². The first-order valence-electron chi connectivity index (χ1n) is 13.6. The zero-order valence-electron chi connectivity index (χ0n) is 20.8. The molecule has 1 spiro atoms. The van der Waals surface area contributed by atoms with Crippen LogP contribution in [-0.2, 0) is 9.47 Å². The molecule has 1 aliphatic carbocycles. The maximum absolute atomic E-state index is 14.4. The number of fused-ring (bicyclic) bond motifs is 3. The maximum Gasteiger partial charge on any atom is 0.410 e. The van der Waals surface area contributed by atoms with Crippen LogP contribution in [0, 0.1) is 5.41 Å². The molecule has 5 aliphatic heterocycles. The number of nitrogens with one attached hydrogen (secondary N) is 1. The Kier molecular flexibility index (Phi) is 6.19. The summed E-state index contributed by atoms with van der Waals surface area (Å²) in [7, 11) is 1.68. The minimum absolute atomic E-state index is 0.0610. The highest BCUT2D eigenvalue weighted by atomic mass is 19.1. The molecule has 3 unspecified atom stereocenters. The van der Waals surface area contributed by atoms with Gasteiger partial charge >= 0.3 is 12.1 Å². The Morgan fingerprint density at radius 1 is 1.09 bits per heavy atom. The Labute approximate surface area is 207 Å². The average Bonchev–Trinajstić information content (AvgIpc) is 3.55. The molecule has 0 saturated carbocycles. The van der Waals surface area contributed by atoms with Crippen LogP contribution in [0.1, 0.15) is 64.2 Å². The number of carbonyl (C=O) groups is 2. The van der Waals surface area contributed by atoms with Gasteiger partial charge in [-0.1, -0.05) is 0 Å². The quantitative estimate of drug-likeness (QED) is 0.642. The van der Waals surface area contributed by atoms with Crippen LogP contribution >= 0.6 is 0 Å². The predicted octanol–water partition coefficient (Wildman–Crippen LogP) is 3.42. The third kappa shape index (κ3) is 4.12. The molecule has 4 saturated heterocycles. The SMILES string of the molecule is CNC(=O)N1CC2(CCN(C3CC4CCC(C3)N4C(=O)O[C@@H]3CCOC3)CC2)C2=C1CCC(F)C2. The molecule has 35 heavy (non-hydrogen) atoms. The highest BCUT2D eigenvalue weighted by Gasteiger charge is 2.51. The molecule has 0 aromatic heterocycles. The van der Waals surface area contributed by atoms with Crippen molar-refractivity contribution in [3.63, 3.8) is 0 Å². The molecule has 3 amide bonds. The molecule has 9 heteroatoms. The molecule has 5 heterocycles. The molecule has 0 aromatic rings. The van der Waals surface area contributed by atoms with Gasteiger partial charge in [-0.15, -0.1) is 0 Å². The third-order valence-electron chi connectivity index (χ3n) is 9.70. The summed E-state index contributed by atoms with van der Waals surface area (Å²) in [5.74, 6) is 0. The number of rotatable bonds is 2. The number of alkyl halides is 1. The lowest BCUT2D eigenvalue weighted by Crippen LogP contribution is -2.55. The van der Waals surface area contributed by atoms with Gasteiger partial charge in [0.15, 0.2) is 0 Å². The monoisotopic (exact) mass is 490 g/mol. The number of allylic oxidation sites excluding steroid dienone is 1. The van der Waals surface area contributed by atoms with Gasteiger partial charge in [0.2, 0.25) is 0 Å². The number of nitrogens with zero attached hydrogens (tertiary/aromatic N) is 3. The highest BCUT2D eigenvalue weighted by molar-refractivity contribution is 5.77. The van der Waals surface area contributed by atoms with E-state index in [9.17, 15) is 14.0 Å². The molecule has 0 aromatic carbocycles. The minimum Gasteiger partial charge on any atom is -0.444 e. The molecule has 0 radical (unpaired) electrons. The second kappa shape index (κ2) is 9.21. The lowest BCUT2D eigenvalue weighted by atomic mass is 9.70. The van der Waals surface area contributed by atoms with Crippen molar-refractivity contribution in [2.45, 2.75) is 94.6 Å². The van der Waals surface area contributed by atoms with E-state index in [1.165, 1.54) is 5.57 Å². The summed E-state index contributed by atoms with van der Waals surface area (Å²) >= 11 is 0. The molecule has 4 fully saturated rings. The van der Waals surface area contributed by atoms with E-state index in [1.807, 2.05) is 9.80 Å². The molecule has 6 rings (SSSR count). The highest BCUT2D eigenvalue weighted by Crippen LogP contribution is 2.52. The lowest BCUT2D eigenvalue weighted by molar-refractivity contribution is 0.00565. The van der Waals surface area contributed by atoms with Crippen molar-refractivity contribution in [2.75, 3.05) is 39.9 Å². The maximum atomic E-state index is 14.4. The zero-order valence-corrected chi connectivity index (χ0v) is 20.8. The summed E-state index contributed by atoms with van der Waals surface area (Å²) in [5.41, 5.74) is 2.23. The zero-order chi connectivity index (χ0) is 24.2. The molecule has 6 aliphatic rings. The van der Waals surface area contributed by atoms with Gasteiger partial charge in [-0.2, -0.15) is 0 Å². The Balaban J connectivity index is 1.10. The summed E-state index contributed by atoms with van der Waals surface area (Å²) in [4.78, 5) is 32.0. The predicted molar refractivity (Wildman–Crippen MR) is 128 cm³/mol. The number of ether oxygens (including phenoxy) is 2. The van der Waals surface area contributed by atoms with E-state index in [1.54, 1.807) is 7.05 Å². The second-order valence-electron chi connectivity index (χ2n) is 11.5. The summed E-state index contributed by atoms with van der Waals surface area (Å²) in [6.45, 7) is 3.84. The molecule has 2 bridgehead atoms. The topological polar surface area (TPSA) is 74.4 Å². The number of likely N-dealkylation sites (tertiary alicyclic amines) is 1. The van der Waals surface area contributed by atoms with Gasteiger partial charge in [-0.25, -0.2) is 14.0 Å². The van der Waals surface area contributed by atoms with Crippen LogP contribution < -0.4 is 5.32 Å². The Bertz CT molecular complexity index is 869. The van der Waals surface area contributed by atoms with E-state index in [0.29, 0.717) is 45.1 Å². The Morgan fingerprint density at radius 3 is 2.49 bits per heavy atom. The number of urea groups is 1. The molecular formula is C26H39FN4O4. The number of hydrogen-bond donors (Lipinski definition) is 1. The molecule has 1 N–H and O–H groups in total. The lowest BCUT2D eigenvalue weighted by Gasteiger charge is -2.48. The van der Waals surface area contributed by atoms with E-state index in [-0.39, 0.29) is 35.7 Å². The fourth-order valence-electron chi connectivity index (χ4n) is 7.86. The van der Waals surface area contributed by atoms with E-state index >= 15 is 0 Å².